The summed E-state index contributed by atoms with van der Waals surface area (Å²) in [5.74, 6) is 0.727. The van der Waals surface area contributed by atoms with Gasteiger partial charge in [0.1, 0.15) is 0 Å². The lowest BCUT2D eigenvalue weighted by molar-refractivity contribution is 0.282. The molecule has 2 aromatic rings. The zero-order valence-corrected chi connectivity index (χ0v) is 13.2. The summed E-state index contributed by atoms with van der Waals surface area (Å²) in [5.41, 5.74) is 4.63. The summed E-state index contributed by atoms with van der Waals surface area (Å²) in [6, 6.07) is 14.6. The first kappa shape index (κ1) is 15.2. The van der Waals surface area contributed by atoms with Crippen LogP contribution >= 0.6 is 0 Å². The van der Waals surface area contributed by atoms with Gasteiger partial charge in [0.25, 0.3) is 0 Å². The van der Waals surface area contributed by atoms with Crippen molar-refractivity contribution < 1.29 is 5.11 Å². The van der Waals surface area contributed by atoms with E-state index >= 15 is 0 Å². The van der Waals surface area contributed by atoms with Crippen LogP contribution in [0, 0.1) is 12.8 Å². The average molecular weight is 296 g/mol. The lowest BCUT2D eigenvalue weighted by Gasteiger charge is -2.16. The fourth-order valence-corrected chi connectivity index (χ4v) is 3.25. The van der Waals surface area contributed by atoms with Gasteiger partial charge in [0.05, 0.1) is 12.3 Å². The summed E-state index contributed by atoms with van der Waals surface area (Å²) in [7, 11) is 0. The Labute approximate surface area is 132 Å². The van der Waals surface area contributed by atoms with Crippen LogP contribution < -0.4 is 0 Å². The molecule has 1 aliphatic rings. The minimum atomic E-state index is 0.126. The molecule has 1 aromatic heterocycles. The van der Waals surface area contributed by atoms with Gasteiger partial charge >= 0.3 is 0 Å². The van der Waals surface area contributed by atoms with E-state index in [1.807, 2.05) is 25.1 Å². The molecule has 0 aliphatic carbocycles. The quantitative estimate of drug-likeness (QED) is 0.921. The molecule has 0 saturated carbocycles. The molecular weight excluding hydrogens is 272 g/mol. The van der Waals surface area contributed by atoms with Gasteiger partial charge < -0.3 is 5.11 Å². The molecule has 2 heterocycles. The van der Waals surface area contributed by atoms with E-state index in [0.717, 1.165) is 43.2 Å². The number of benzene rings is 1. The van der Waals surface area contributed by atoms with Crippen LogP contribution in [0.3, 0.4) is 0 Å². The Kier molecular flexibility index (Phi) is 4.86. The standard InChI is InChI=1S/C19H24N2O/c1-15-3-2-4-19(20-15)13-21-10-9-18(12-21)11-16-5-7-17(14-22)8-6-16/h2-8,18,22H,9-14H2,1H3. The molecule has 0 amide bonds. The predicted octanol–water partition coefficient (Wildman–Crippen LogP) is 2.95. The van der Waals surface area contributed by atoms with Crippen LogP contribution in [0.25, 0.3) is 0 Å². The molecule has 1 aliphatic heterocycles. The van der Waals surface area contributed by atoms with E-state index in [9.17, 15) is 0 Å². The Morgan fingerprint density at radius 1 is 1.14 bits per heavy atom. The van der Waals surface area contributed by atoms with Crippen molar-refractivity contribution in [1.82, 2.24) is 9.88 Å². The van der Waals surface area contributed by atoms with Crippen LogP contribution in [-0.4, -0.2) is 28.1 Å². The van der Waals surface area contributed by atoms with Crippen molar-refractivity contribution in [1.29, 1.82) is 0 Å². The highest BCUT2D eigenvalue weighted by Gasteiger charge is 2.22. The van der Waals surface area contributed by atoms with Gasteiger partial charge in [-0.1, -0.05) is 30.3 Å². The lowest BCUT2D eigenvalue weighted by Crippen LogP contribution is -2.21. The Hall–Kier alpha value is -1.71. The van der Waals surface area contributed by atoms with E-state index in [4.69, 9.17) is 5.11 Å². The Balaban J connectivity index is 1.53. The minimum absolute atomic E-state index is 0.126. The summed E-state index contributed by atoms with van der Waals surface area (Å²) in [6.07, 6.45) is 2.39. The molecule has 3 nitrogen and oxygen atoms in total. The second-order valence-electron chi connectivity index (χ2n) is 6.34. The Morgan fingerprint density at radius 2 is 1.91 bits per heavy atom. The van der Waals surface area contributed by atoms with E-state index in [0.29, 0.717) is 0 Å². The zero-order chi connectivity index (χ0) is 15.4. The maximum Gasteiger partial charge on any atom is 0.0681 e. The molecule has 1 N–H and O–H groups in total. The number of aryl methyl sites for hydroxylation is 1. The third kappa shape index (κ3) is 3.93. The number of nitrogens with zero attached hydrogens (tertiary/aromatic N) is 2. The third-order valence-corrected chi connectivity index (χ3v) is 4.43. The highest BCUT2D eigenvalue weighted by molar-refractivity contribution is 5.22. The molecule has 1 fully saturated rings. The lowest BCUT2D eigenvalue weighted by atomic mass is 9.98. The van der Waals surface area contributed by atoms with Crippen LogP contribution in [0.4, 0.5) is 0 Å². The number of rotatable bonds is 5. The first-order valence-electron chi connectivity index (χ1n) is 8.06. The SMILES string of the molecule is Cc1cccc(CN2CCC(Cc3ccc(CO)cc3)C2)n1. The monoisotopic (exact) mass is 296 g/mol. The highest BCUT2D eigenvalue weighted by atomic mass is 16.3. The van der Waals surface area contributed by atoms with Gasteiger partial charge in [-0.25, -0.2) is 0 Å². The molecule has 1 saturated heterocycles. The Bertz CT molecular complexity index is 609. The molecular formula is C19H24N2O. The summed E-state index contributed by atoms with van der Waals surface area (Å²) in [6.45, 7) is 5.45. The second-order valence-corrected chi connectivity index (χ2v) is 6.34. The third-order valence-electron chi connectivity index (χ3n) is 4.43. The molecule has 3 rings (SSSR count). The normalized spacial score (nSPS) is 18.7. The molecule has 116 valence electrons. The van der Waals surface area contributed by atoms with Gasteiger partial charge in [0.2, 0.25) is 0 Å². The number of likely N-dealkylation sites (tertiary alicyclic amines) is 1. The highest BCUT2D eigenvalue weighted by Crippen LogP contribution is 2.22. The molecule has 1 unspecified atom stereocenters. The van der Waals surface area contributed by atoms with Crippen molar-refractivity contribution in [3.63, 3.8) is 0 Å². The van der Waals surface area contributed by atoms with Crippen LogP contribution in [0.15, 0.2) is 42.5 Å². The van der Waals surface area contributed by atoms with Crippen LogP contribution in [-0.2, 0) is 19.6 Å². The first-order chi connectivity index (χ1) is 10.7. The molecule has 3 heteroatoms. The average Bonchev–Trinajstić information content (AvgIpc) is 2.95. The van der Waals surface area contributed by atoms with Gasteiger partial charge in [0.15, 0.2) is 0 Å². The summed E-state index contributed by atoms with van der Waals surface area (Å²) >= 11 is 0. The van der Waals surface area contributed by atoms with Gasteiger partial charge in [0, 0.05) is 18.8 Å². The maximum atomic E-state index is 9.09. The van der Waals surface area contributed by atoms with Crippen molar-refractivity contribution in [2.45, 2.75) is 32.9 Å². The topological polar surface area (TPSA) is 36.4 Å². The number of hydrogen-bond acceptors (Lipinski definition) is 3. The van der Waals surface area contributed by atoms with E-state index in [1.165, 1.54) is 17.7 Å². The Morgan fingerprint density at radius 3 is 2.64 bits per heavy atom. The molecule has 0 spiro atoms. The summed E-state index contributed by atoms with van der Waals surface area (Å²) in [5, 5.41) is 9.09. The van der Waals surface area contributed by atoms with Crippen LogP contribution in [0.5, 0.6) is 0 Å². The predicted molar refractivity (Wildman–Crippen MR) is 88.4 cm³/mol. The smallest absolute Gasteiger partial charge is 0.0681 e. The number of pyridine rings is 1. The van der Waals surface area contributed by atoms with Gasteiger partial charge in [-0.15, -0.1) is 0 Å². The summed E-state index contributed by atoms with van der Waals surface area (Å²) in [4.78, 5) is 7.11. The summed E-state index contributed by atoms with van der Waals surface area (Å²) < 4.78 is 0. The number of aliphatic hydroxyl groups is 1. The fraction of sp³-hybridized carbons (Fsp3) is 0.421. The second kappa shape index (κ2) is 7.03. The first-order valence-corrected chi connectivity index (χ1v) is 8.06. The van der Waals surface area contributed by atoms with E-state index in [-0.39, 0.29) is 6.61 Å². The molecule has 0 radical (unpaired) electrons. The van der Waals surface area contributed by atoms with Crippen molar-refractivity contribution >= 4 is 0 Å². The van der Waals surface area contributed by atoms with Crippen LogP contribution in [0.1, 0.15) is 28.9 Å². The maximum absolute atomic E-state index is 9.09. The molecule has 1 atom stereocenters. The largest absolute Gasteiger partial charge is 0.392 e. The van der Waals surface area contributed by atoms with Crippen molar-refractivity contribution in [3.8, 4) is 0 Å². The van der Waals surface area contributed by atoms with Gasteiger partial charge in [-0.3, -0.25) is 9.88 Å². The zero-order valence-electron chi connectivity index (χ0n) is 13.2. The fourth-order valence-electron chi connectivity index (χ4n) is 3.25. The molecule has 22 heavy (non-hydrogen) atoms. The van der Waals surface area contributed by atoms with Crippen molar-refractivity contribution in [2.75, 3.05) is 13.1 Å². The van der Waals surface area contributed by atoms with E-state index < -0.39 is 0 Å². The molecule has 1 aromatic carbocycles. The van der Waals surface area contributed by atoms with Crippen LogP contribution in [0.2, 0.25) is 0 Å². The van der Waals surface area contributed by atoms with Crippen molar-refractivity contribution in [2.24, 2.45) is 5.92 Å². The number of aliphatic hydroxyl groups excluding tert-OH is 1. The van der Waals surface area contributed by atoms with Crippen molar-refractivity contribution in [3.05, 3.63) is 65.0 Å². The van der Waals surface area contributed by atoms with E-state index in [2.05, 4.69) is 34.1 Å². The van der Waals surface area contributed by atoms with Gasteiger partial charge in [-0.2, -0.15) is 0 Å². The number of aromatic nitrogens is 1. The molecule has 0 bridgehead atoms. The minimum Gasteiger partial charge on any atom is -0.392 e. The van der Waals surface area contributed by atoms with E-state index in [1.54, 1.807) is 0 Å². The number of hydrogen-bond donors (Lipinski definition) is 1. The van der Waals surface area contributed by atoms with Gasteiger partial charge in [-0.05, 0) is 55.5 Å².